The molecule has 1 rings (SSSR count). The van der Waals surface area contributed by atoms with Crippen molar-refractivity contribution in [3.63, 3.8) is 0 Å². The summed E-state index contributed by atoms with van der Waals surface area (Å²) in [5.41, 5.74) is -0.427. The highest BCUT2D eigenvalue weighted by atomic mass is 16.5. The molecule has 0 amide bonds. The van der Waals surface area contributed by atoms with Gasteiger partial charge < -0.3 is 15.2 Å². The fourth-order valence-corrected chi connectivity index (χ4v) is 2.06. The second-order valence-electron chi connectivity index (χ2n) is 3.79. The van der Waals surface area contributed by atoms with Gasteiger partial charge in [-0.25, -0.2) is 0 Å². The fraction of sp³-hybridized carbons (Fsp3) is 0.900. The van der Waals surface area contributed by atoms with Crippen molar-refractivity contribution in [3.05, 3.63) is 0 Å². The third-order valence-corrected chi connectivity index (χ3v) is 2.67. The van der Waals surface area contributed by atoms with E-state index in [0.29, 0.717) is 6.61 Å². The zero-order chi connectivity index (χ0) is 10.4. The van der Waals surface area contributed by atoms with Gasteiger partial charge >= 0.3 is 5.97 Å². The van der Waals surface area contributed by atoms with Crippen LogP contribution in [0.25, 0.3) is 0 Å². The number of rotatable bonds is 4. The Bertz CT molecular complexity index is 186. The molecule has 1 unspecified atom stereocenters. The van der Waals surface area contributed by atoms with Crippen LogP contribution in [0.3, 0.4) is 0 Å². The zero-order valence-corrected chi connectivity index (χ0v) is 8.71. The molecule has 1 fully saturated rings. The van der Waals surface area contributed by atoms with E-state index in [2.05, 4.69) is 5.32 Å². The lowest BCUT2D eigenvalue weighted by Gasteiger charge is -2.30. The fourth-order valence-electron chi connectivity index (χ4n) is 2.06. The predicted molar refractivity (Wildman–Crippen MR) is 53.3 cm³/mol. The maximum atomic E-state index is 10.8. The Balaban J connectivity index is 2.61. The molecule has 0 aromatic heterocycles. The first-order chi connectivity index (χ1) is 6.68. The van der Waals surface area contributed by atoms with Crippen LogP contribution in [0.15, 0.2) is 0 Å². The predicted octanol–water partition coefficient (Wildman–Crippen LogP) is 1.01. The minimum atomic E-state index is -0.764. The van der Waals surface area contributed by atoms with E-state index in [1.807, 2.05) is 6.92 Å². The Morgan fingerprint density at radius 1 is 1.50 bits per heavy atom. The SMILES string of the molecule is CCOC1(CC(=O)O)CCCNCC1. The number of carboxylic acid groups (broad SMARTS) is 1. The van der Waals surface area contributed by atoms with Crippen LogP contribution in [0.4, 0.5) is 0 Å². The zero-order valence-electron chi connectivity index (χ0n) is 8.71. The normalized spacial score (nSPS) is 28.4. The van der Waals surface area contributed by atoms with Crippen LogP contribution in [0.2, 0.25) is 0 Å². The van der Waals surface area contributed by atoms with Crippen molar-refractivity contribution in [1.82, 2.24) is 5.32 Å². The minimum absolute atomic E-state index is 0.127. The molecule has 1 aliphatic heterocycles. The van der Waals surface area contributed by atoms with E-state index in [9.17, 15) is 4.79 Å². The van der Waals surface area contributed by atoms with Gasteiger partial charge in [0.2, 0.25) is 0 Å². The number of carbonyl (C=O) groups is 1. The molecular weight excluding hydrogens is 182 g/mol. The lowest BCUT2D eigenvalue weighted by Crippen LogP contribution is -2.36. The van der Waals surface area contributed by atoms with Crippen LogP contribution in [0.1, 0.15) is 32.6 Å². The van der Waals surface area contributed by atoms with Crippen molar-refractivity contribution in [2.24, 2.45) is 0 Å². The molecule has 0 aliphatic carbocycles. The van der Waals surface area contributed by atoms with Gasteiger partial charge in [0.05, 0.1) is 12.0 Å². The molecule has 1 aliphatic rings. The lowest BCUT2D eigenvalue weighted by molar-refractivity contribution is -0.146. The Kier molecular flexibility index (Phi) is 4.35. The van der Waals surface area contributed by atoms with E-state index in [1.54, 1.807) is 0 Å². The standard InChI is InChI=1S/C10H19NO3/c1-2-14-10(8-9(12)13)4-3-6-11-7-5-10/h11H,2-8H2,1H3,(H,12,13). The lowest BCUT2D eigenvalue weighted by atomic mass is 9.91. The number of hydrogen-bond donors (Lipinski definition) is 2. The maximum absolute atomic E-state index is 10.8. The maximum Gasteiger partial charge on any atom is 0.306 e. The summed E-state index contributed by atoms with van der Waals surface area (Å²) in [4.78, 5) is 10.8. The molecule has 0 bridgehead atoms. The van der Waals surface area contributed by atoms with Crippen LogP contribution in [-0.2, 0) is 9.53 Å². The summed E-state index contributed by atoms with van der Waals surface area (Å²) in [5.74, 6) is -0.764. The Labute approximate surface area is 84.6 Å². The molecular formula is C10H19NO3. The first-order valence-corrected chi connectivity index (χ1v) is 5.25. The molecule has 0 aromatic carbocycles. The summed E-state index contributed by atoms with van der Waals surface area (Å²) in [6.07, 6.45) is 2.77. The number of carboxylic acids is 1. The Hall–Kier alpha value is -0.610. The molecule has 1 saturated heterocycles. The van der Waals surface area contributed by atoms with Gasteiger partial charge in [0, 0.05) is 6.61 Å². The topological polar surface area (TPSA) is 58.6 Å². The Morgan fingerprint density at radius 3 is 2.93 bits per heavy atom. The molecule has 0 saturated carbocycles. The largest absolute Gasteiger partial charge is 0.481 e. The second-order valence-corrected chi connectivity index (χ2v) is 3.79. The monoisotopic (exact) mass is 201 g/mol. The Morgan fingerprint density at radius 2 is 2.29 bits per heavy atom. The van der Waals surface area contributed by atoms with E-state index in [1.165, 1.54) is 0 Å². The highest BCUT2D eigenvalue weighted by Crippen LogP contribution is 2.27. The van der Waals surface area contributed by atoms with Crippen molar-refractivity contribution in [3.8, 4) is 0 Å². The van der Waals surface area contributed by atoms with Crippen LogP contribution in [-0.4, -0.2) is 36.4 Å². The molecule has 2 N–H and O–H groups in total. The van der Waals surface area contributed by atoms with Crippen molar-refractivity contribution in [2.75, 3.05) is 19.7 Å². The number of nitrogens with one attached hydrogen (secondary N) is 1. The molecule has 1 heterocycles. The van der Waals surface area contributed by atoms with Gasteiger partial charge in [-0.3, -0.25) is 4.79 Å². The molecule has 82 valence electrons. The van der Waals surface area contributed by atoms with Gasteiger partial charge in [-0.2, -0.15) is 0 Å². The highest BCUT2D eigenvalue weighted by molar-refractivity contribution is 5.68. The van der Waals surface area contributed by atoms with Crippen molar-refractivity contribution < 1.29 is 14.6 Å². The van der Waals surface area contributed by atoms with Gasteiger partial charge in [-0.15, -0.1) is 0 Å². The van der Waals surface area contributed by atoms with Crippen LogP contribution >= 0.6 is 0 Å². The van der Waals surface area contributed by atoms with Gasteiger partial charge in [0.25, 0.3) is 0 Å². The summed E-state index contributed by atoms with van der Waals surface area (Å²) < 4.78 is 5.64. The summed E-state index contributed by atoms with van der Waals surface area (Å²) in [6.45, 7) is 4.33. The molecule has 0 spiro atoms. The quantitative estimate of drug-likeness (QED) is 0.712. The molecule has 14 heavy (non-hydrogen) atoms. The van der Waals surface area contributed by atoms with Gasteiger partial charge in [0.1, 0.15) is 0 Å². The van der Waals surface area contributed by atoms with E-state index in [0.717, 1.165) is 32.4 Å². The second kappa shape index (κ2) is 5.32. The summed E-state index contributed by atoms with van der Waals surface area (Å²) in [5, 5.41) is 12.1. The third kappa shape index (κ3) is 3.27. The molecule has 0 radical (unpaired) electrons. The van der Waals surface area contributed by atoms with Crippen molar-refractivity contribution in [2.45, 2.75) is 38.2 Å². The molecule has 0 aromatic rings. The van der Waals surface area contributed by atoms with E-state index in [-0.39, 0.29) is 6.42 Å². The van der Waals surface area contributed by atoms with E-state index < -0.39 is 11.6 Å². The van der Waals surface area contributed by atoms with Crippen molar-refractivity contribution >= 4 is 5.97 Å². The van der Waals surface area contributed by atoms with Crippen LogP contribution in [0, 0.1) is 0 Å². The van der Waals surface area contributed by atoms with Crippen LogP contribution in [0.5, 0.6) is 0 Å². The van der Waals surface area contributed by atoms with Gasteiger partial charge in [-0.1, -0.05) is 0 Å². The third-order valence-electron chi connectivity index (χ3n) is 2.67. The van der Waals surface area contributed by atoms with Gasteiger partial charge in [0.15, 0.2) is 0 Å². The van der Waals surface area contributed by atoms with Gasteiger partial charge in [-0.05, 0) is 39.3 Å². The molecule has 4 nitrogen and oxygen atoms in total. The van der Waals surface area contributed by atoms with E-state index in [4.69, 9.17) is 9.84 Å². The molecule has 1 atom stereocenters. The first kappa shape index (κ1) is 11.5. The summed E-state index contributed by atoms with van der Waals surface area (Å²) >= 11 is 0. The van der Waals surface area contributed by atoms with E-state index >= 15 is 0 Å². The highest BCUT2D eigenvalue weighted by Gasteiger charge is 2.33. The smallest absolute Gasteiger partial charge is 0.306 e. The number of aliphatic carboxylic acids is 1. The van der Waals surface area contributed by atoms with Crippen LogP contribution < -0.4 is 5.32 Å². The summed E-state index contributed by atoms with van der Waals surface area (Å²) in [7, 11) is 0. The summed E-state index contributed by atoms with van der Waals surface area (Å²) in [6, 6.07) is 0. The average Bonchev–Trinajstić information content (AvgIpc) is 2.30. The first-order valence-electron chi connectivity index (χ1n) is 5.25. The van der Waals surface area contributed by atoms with Crippen molar-refractivity contribution in [1.29, 1.82) is 0 Å². The number of ether oxygens (including phenoxy) is 1. The average molecular weight is 201 g/mol. The number of hydrogen-bond acceptors (Lipinski definition) is 3. The minimum Gasteiger partial charge on any atom is -0.481 e. The molecule has 4 heteroatoms.